The van der Waals surface area contributed by atoms with Crippen LogP contribution in [0.1, 0.15) is 124 Å². The van der Waals surface area contributed by atoms with Gasteiger partial charge in [0.15, 0.2) is 8.07 Å². The molecular formula is C76H74Si. The molecule has 9 aromatic rings. The van der Waals surface area contributed by atoms with Gasteiger partial charge in [0.05, 0.1) is 0 Å². The first-order valence-electron chi connectivity index (χ1n) is 29.2. The summed E-state index contributed by atoms with van der Waals surface area (Å²) in [4.78, 5) is 0. The molecule has 0 saturated heterocycles. The van der Waals surface area contributed by atoms with Crippen LogP contribution in [0, 0.1) is 5.41 Å². The highest BCUT2D eigenvalue weighted by Gasteiger charge is 2.75. The predicted molar refractivity (Wildman–Crippen MR) is 324 cm³/mol. The Morgan fingerprint density at radius 3 is 0.610 bits per heavy atom. The van der Waals surface area contributed by atoms with Crippen LogP contribution in [0.3, 0.4) is 0 Å². The smallest absolute Gasteiger partial charge is 0.0649 e. The first-order chi connectivity index (χ1) is 37.7. The van der Waals surface area contributed by atoms with E-state index in [1.54, 1.807) is 48.9 Å². The van der Waals surface area contributed by atoms with Crippen molar-refractivity contribution in [3.05, 3.63) is 306 Å². The first-order valence-corrected chi connectivity index (χ1v) is 31.2. The Morgan fingerprint density at radius 1 is 0.234 bits per heavy atom. The van der Waals surface area contributed by atoms with Crippen molar-refractivity contribution in [2.24, 2.45) is 5.41 Å². The summed E-state index contributed by atoms with van der Waals surface area (Å²) in [6, 6.07) is 105. The summed E-state index contributed by atoms with van der Waals surface area (Å²) in [6.45, 7) is 2.46. The average Bonchev–Trinajstić information content (AvgIpc) is 3.45. The Labute approximate surface area is 460 Å². The molecule has 17 rings (SSSR count). The van der Waals surface area contributed by atoms with Crippen molar-refractivity contribution < 1.29 is 0 Å². The van der Waals surface area contributed by atoms with Crippen molar-refractivity contribution in [3.8, 4) is 0 Å². The van der Waals surface area contributed by atoms with Gasteiger partial charge in [-0.1, -0.05) is 286 Å². The average molecular weight is 1020 g/mol. The van der Waals surface area contributed by atoms with Crippen molar-refractivity contribution in [1.82, 2.24) is 0 Å². The molecule has 0 aliphatic heterocycles. The fourth-order valence-corrected chi connectivity index (χ4v) is 27.1. The maximum absolute atomic E-state index is 2.71. The highest BCUT2D eigenvalue weighted by molar-refractivity contribution is 7.13. The summed E-state index contributed by atoms with van der Waals surface area (Å²) >= 11 is 0. The third-order valence-electron chi connectivity index (χ3n) is 21.7. The van der Waals surface area contributed by atoms with E-state index in [1.165, 1.54) is 83.5 Å². The lowest BCUT2D eigenvalue weighted by Gasteiger charge is -2.74. The number of hydrogen-bond donors (Lipinski definition) is 0. The minimum absolute atomic E-state index is 0.0628. The molecule has 0 amide bonds. The van der Waals surface area contributed by atoms with Gasteiger partial charge in [-0.3, -0.25) is 0 Å². The molecule has 0 atom stereocenters. The van der Waals surface area contributed by atoms with Gasteiger partial charge in [-0.25, -0.2) is 0 Å². The summed E-state index contributed by atoms with van der Waals surface area (Å²) in [7, 11) is -2.71. The highest BCUT2D eigenvalue weighted by Crippen LogP contribution is 2.79. The van der Waals surface area contributed by atoms with E-state index in [0.717, 1.165) is 0 Å². The Hall–Kier alpha value is -6.80. The molecule has 0 spiro atoms. The molecule has 0 N–H and O–H groups in total. The molecule has 0 radical (unpaired) electrons. The van der Waals surface area contributed by atoms with Crippen LogP contribution in [0.5, 0.6) is 0 Å². The monoisotopic (exact) mass is 1010 g/mol. The Morgan fingerprint density at radius 2 is 0.416 bits per heavy atom. The highest BCUT2D eigenvalue weighted by atomic mass is 28.3. The molecular weight excluding hydrogens is 941 g/mol. The van der Waals surface area contributed by atoms with Crippen LogP contribution in [0.4, 0.5) is 0 Å². The van der Waals surface area contributed by atoms with Gasteiger partial charge in [-0.2, -0.15) is 0 Å². The summed E-state index contributed by atoms with van der Waals surface area (Å²) in [5.41, 5.74) is 10.9. The second-order valence-electron chi connectivity index (χ2n) is 26.0. The van der Waals surface area contributed by atoms with Gasteiger partial charge in [-0.05, 0) is 169 Å². The Kier molecular flexibility index (Phi) is 11.6. The minimum Gasteiger partial charge on any atom is -0.0649 e. The van der Waals surface area contributed by atoms with Crippen LogP contribution in [0.15, 0.2) is 273 Å². The number of rotatable bonds is 11. The lowest BCUT2D eigenvalue weighted by molar-refractivity contribution is -0.109. The quantitative estimate of drug-likeness (QED) is 0.0895. The van der Waals surface area contributed by atoms with E-state index >= 15 is 0 Å². The van der Waals surface area contributed by atoms with Gasteiger partial charge in [0, 0.05) is 0 Å². The van der Waals surface area contributed by atoms with Crippen LogP contribution in [0.2, 0.25) is 5.04 Å². The summed E-state index contributed by atoms with van der Waals surface area (Å²) in [5.74, 6) is 0. The van der Waals surface area contributed by atoms with Crippen LogP contribution in [-0.4, -0.2) is 8.07 Å². The second-order valence-corrected chi connectivity index (χ2v) is 30.3. The summed E-state index contributed by atoms with van der Waals surface area (Å²) < 4.78 is 0. The van der Waals surface area contributed by atoms with E-state index in [9.17, 15) is 0 Å². The van der Waals surface area contributed by atoms with Crippen molar-refractivity contribution in [3.63, 3.8) is 0 Å². The van der Waals surface area contributed by atoms with Gasteiger partial charge in [0.1, 0.15) is 0 Å². The van der Waals surface area contributed by atoms with E-state index in [0.29, 0.717) is 5.41 Å². The molecule has 8 bridgehead atoms. The first kappa shape index (κ1) is 48.6. The van der Waals surface area contributed by atoms with E-state index < -0.39 is 8.07 Å². The molecule has 0 unspecified atom stereocenters. The minimum atomic E-state index is -2.71. The van der Waals surface area contributed by atoms with Crippen LogP contribution >= 0.6 is 0 Å². The van der Waals surface area contributed by atoms with Crippen LogP contribution in [-0.2, 0) is 32.5 Å². The Bertz CT molecular complexity index is 3070. The molecule has 0 aromatic heterocycles. The standard InChI is InChI=1S/C46H42Si.C30H32/c1-7-19-37(20-8-1)43-31-44(38-21-9-2-10-22-38)33-45(32-43,39-23-11-3-12-24-39)36-46(34-43,35-44)47(40-25-13-4-14-26-40,41-27-15-5-16-28-41)42-29-17-6-18-30-42;1-2-27-18-28(24-12-6-3-7-13-24)21-29(19-27,25-14-8-4-9-15-25)23-30(20-27,22-28)26-16-10-5-11-17-26/h1-30H,31-36H2;3-17H,2,18-23H2,1H3. The van der Waals surface area contributed by atoms with Crippen molar-refractivity contribution in [2.75, 3.05) is 0 Å². The molecule has 8 aliphatic carbocycles. The maximum atomic E-state index is 2.49. The molecule has 8 saturated carbocycles. The summed E-state index contributed by atoms with van der Waals surface area (Å²) in [6.07, 6.45) is 16.6. The third-order valence-corrected chi connectivity index (χ3v) is 27.4. The number of benzene rings is 9. The zero-order valence-electron chi connectivity index (χ0n) is 45.2. The van der Waals surface area contributed by atoms with Gasteiger partial charge in [0.2, 0.25) is 0 Å². The van der Waals surface area contributed by atoms with Gasteiger partial charge < -0.3 is 0 Å². The molecule has 382 valence electrons. The fraction of sp³-hybridized carbons (Fsp3) is 0.289. The van der Waals surface area contributed by atoms with E-state index in [-0.39, 0.29) is 37.5 Å². The second kappa shape index (κ2) is 18.4. The van der Waals surface area contributed by atoms with Crippen molar-refractivity contribution in [2.45, 2.75) is 128 Å². The van der Waals surface area contributed by atoms with E-state index in [2.05, 4.69) is 280 Å². The molecule has 8 aliphatic rings. The maximum Gasteiger partial charge on any atom is 0.154 e. The zero-order valence-corrected chi connectivity index (χ0v) is 46.2. The predicted octanol–water partition coefficient (Wildman–Crippen LogP) is 16.7. The lowest BCUT2D eigenvalue weighted by atomic mass is 9.32. The lowest BCUT2D eigenvalue weighted by Crippen LogP contribution is -2.80. The van der Waals surface area contributed by atoms with Crippen molar-refractivity contribution in [1.29, 1.82) is 0 Å². The molecule has 9 aromatic carbocycles. The fourth-order valence-electron chi connectivity index (χ4n) is 20.3. The SMILES string of the molecule is CCC12CC3(c4ccccc4)CC(c4ccccc4)(C1)CC(c1ccccc1)(C2)C3.c1ccc(C23CC4(c5ccccc5)CC(c5ccccc5)(C2)CC([Si](c2ccccc2)(c2ccccc2)c2ccccc2)(C3)C4)cc1. The summed E-state index contributed by atoms with van der Waals surface area (Å²) in [5, 5.41) is 4.71. The molecule has 0 heterocycles. The number of hydrogen-bond acceptors (Lipinski definition) is 0. The van der Waals surface area contributed by atoms with E-state index in [4.69, 9.17) is 0 Å². The Balaban J connectivity index is 0.000000155. The largest absolute Gasteiger partial charge is 0.154 e. The third kappa shape index (κ3) is 7.57. The molecule has 1 heteroatoms. The van der Waals surface area contributed by atoms with Crippen molar-refractivity contribution >= 4 is 23.6 Å². The molecule has 77 heavy (non-hydrogen) atoms. The van der Waals surface area contributed by atoms with Gasteiger partial charge in [0.25, 0.3) is 0 Å². The topological polar surface area (TPSA) is 0 Å². The van der Waals surface area contributed by atoms with Gasteiger partial charge >= 0.3 is 0 Å². The van der Waals surface area contributed by atoms with Crippen LogP contribution in [0.25, 0.3) is 0 Å². The van der Waals surface area contributed by atoms with Gasteiger partial charge in [-0.15, -0.1) is 0 Å². The zero-order chi connectivity index (χ0) is 51.7. The van der Waals surface area contributed by atoms with E-state index in [1.807, 2.05) is 0 Å². The normalized spacial score (nSPS) is 31.3. The molecule has 8 fully saturated rings. The van der Waals surface area contributed by atoms with Crippen LogP contribution < -0.4 is 15.6 Å². The molecule has 0 nitrogen and oxygen atoms in total.